The fourth-order valence-corrected chi connectivity index (χ4v) is 9.10. The van der Waals surface area contributed by atoms with E-state index < -0.39 is 32.1 Å². The van der Waals surface area contributed by atoms with Crippen molar-refractivity contribution in [2.24, 2.45) is 0 Å². The molecule has 0 unspecified atom stereocenters. The largest absolute Gasteiger partial charge is 0.351 e. The van der Waals surface area contributed by atoms with Crippen LogP contribution in [-0.4, -0.2) is 70.4 Å². The maximum absolute atomic E-state index is 13.6. The predicted molar refractivity (Wildman–Crippen MR) is 213 cm³/mol. The Morgan fingerprint density at radius 2 is 1.02 bits per heavy atom. The number of amides is 2. The van der Waals surface area contributed by atoms with Crippen molar-refractivity contribution in [2.45, 2.75) is 29.1 Å². The van der Waals surface area contributed by atoms with E-state index in [1.165, 1.54) is 57.9 Å². The molecule has 0 atom stereocenters. The molecular weight excluding hydrogens is 862 g/mol. The summed E-state index contributed by atoms with van der Waals surface area (Å²) in [4.78, 5) is 26.7. The first kappa shape index (κ1) is 39.1. The molecule has 2 aliphatic carbocycles. The second kappa shape index (κ2) is 14.6. The number of carbonyl (C=O) groups excluding carboxylic acids is 2. The Morgan fingerprint density at radius 3 is 1.39 bits per heavy atom. The first-order valence-electron chi connectivity index (χ1n) is 16.9. The highest BCUT2D eigenvalue weighted by Crippen LogP contribution is 2.43. The molecule has 0 aliphatic heterocycles. The number of nitrogens with one attached hydrogen (secondary N) is 2. The van der Waals surface area contributed by atoms with Gasteiger partial charge >= 0.3 is 0 Å². The van der Waals surface area contributed by atoms with Crippen LogP contribution in [0.3, 0.4) is 0 Å². The molecule has 4 aromatic carbocycles. The van der Waals surface area contributed by atoms with Crippen LogP contribution in [0.1, 0.15) is 49.7 Å². The van der Waals surface area contributed by atoms with Crippen LogP contribution in [0.15, 0.2) is 82.6 Å². The van der Waals surface area contributed by atoms with Gasteiger partial charge in [-0.1, -0.05) is 58.5 Å². The van der Waals surface area contributed by atoms with Crippen LogP contribution in [0.4, 0.5) is 0 Å². The van der Waals surface area contributed by atoms with E-state index in [9.17, 15) is 35.5 Å². The van der Waals surface area contributed by atoms with E-state index in [1.54, 1.807) is 24.3 Å². The number of benzene rings is 4. The first-order chi connectivity index (χ1) is 27.0. The van der Waals surface area contributed by atoms with Gasteiger partial charge in [-0.3, -0.25) is 18.7 Å². The fraction of sp³-hybridized carbons (Fsp3) is 0.135. The summed E-state index contributed by atoms with van der Waals surface area (Å²) < 4.78 is 69.8. The molecule has 2 aromatic heterocycles. The summed E-state index contributed by atoms with van der Waals surface area (Å²) in [5.41, 5.74) is 5.41. The monoisotopic (exact) mass is 886 g/mol. The van der Waals surface area contributed by atoms with Gasteiger partial charge in [0, 0.05) is 58.2 Å². The van der Waals surface area contributed by atoms with Crippen LogP contribution in [0, 0.1) is 0 Å². The van der Waals surface area contributed by atoms with Crippen molar-refractivity contribution in [3.63, 3.8) is 0 Å². The van der Waals surface area contributed by atoms with Crippen LogP contribution < -0.4 is 10.6 Å². The molecule has 0 saturated carbocycles. The summed E-state index contributed by atoms with van der Waals surface area (Å²) >= 11 is 25.3. The van der Waals surface area contributed by atoms with E-state index in [1.807, 2.05) is 0 Å². The van der Waals surface area contributed by atoms with E-state index in [0.29, 0.717) is 72.6 Å². The lowest BCUT2D eigenvalue weighted by molar-refractivity contribution is 0.0945. The summed E-state index contributed by atoms with van der Waals surface area (Å²) in [6, 6.07) is 17.9. The minimum atomic E-state index is -4.48. The zero-order valence-electron chi connectivity index (χ0n) is 28.9. The number of nitrogens with zero attached hydrogens (tertiary/aromatic N) is 4. The number of halogens is 4. The van der Waals surface area contributed by atoms with Crippen molar-refractivity contribution in [1.82, 2.24) is 30.2 Å². The smallest absolute Gasteiger partial charge is 0.294 e. The molecule has 2 amide bonds. The highest BCUT2D eigenvalue weighted by atomic mass is 35.5. The van der Waals surface area contributed by atoms with Crippen LogP contribution in [0.25, 0.3) is 33.9 Å². The first-order valence-corrected chi connectivity index (χ1v) is 21.3. The molecule has 292 valence electrons. The van der Waals surface area contributed by atoms with E-state index in [2.05, 4.69) is 20.8 Å². The van der Waals surface area contributed by atoms with Crippen LogP contribution in [0.2, 0.25) is 20.1 Å². The van der Waals surface area contributed by atoms with Gasteiger partial charge in [-0.05, 0) is 78.2 Å². The number of hydrogen-bond donors (Lipinski definition) is 4. The molecule has 20 heteroatoms. The molecule has 2 heterocycles. The molecule has 4 N–H and O–H groups in total. The maximum atomic E-state index is 13.6. The van der Waals surface area contributed by atoms with E-state index >= 15 is 0 Å². The Labute approximate surface area is 344 Å². The van der Waals surface area contributed by atoms with Gasteiger partial charge in [-0.2, -0.15) is 27.0 Å². The Kier molecular flexibility index (Phi) is 9.97. The van der Waals surface area contributed by atoms with E-state index in [-0.39, 0.29) is 57.2 Å². The molecule has 14 nitrogen and oxygen atoms in total. The van der Waals surface area contributed by atoms with Crippen LogP contribution >= 0.6 is 46.4 Å². The van der Waals surface area contributed by atoms with Crippen molar-refractivity contribution in [3.05, 3.63) is 127 Å². The SMILES string of the molecule is O=C(NCCCNC(=O)c1nn(-c2ccc(Cl)cc2Cl)c2c1Cc1cc(S(=O)(=O)O)ccc1-2)c1nn(-c2ccc(Cl)cc2Cl)c2c1Cc1cc(S(=O)(=O)O)ccc1-2. The third-order valence-corrected chi connectivity index (χ3v) is 12.4. The lowest BCUT2D eigenvalue weighted by atomic mass is 10.1. The van der Waals surface area contributed by atoms with Crippen molar-refractivity contribution < 1.29 is 35.5 Å². The average molecular weight is 889 g/mol. The Morgan fingerprint density at radius 1 is 0.614 bits per heavy atom. The highest BCUT2D eigenvalue weighted by Gasteiger charge is 2.34. The summed E-state index contributed by atoms with van der Waals surface area (Å²) in [6.45, 7) is 0.248. The van der Waals surface area contributed by atoms with Gasteiger partial charge in [-0.15, -0.1) is 0 Å². The normalized spacial score (nSPS) is 12.9. The van der Waals surface area contributed by atoms with Crippen LogP contribution in [-0.2, 0) is 33.1 Å². The number of carbonyl (C=O) groups is 2. The van der Waals surface area contributed by atoms with Gasteiger partial charge in [0.1, 0.15) is 0 Å². The molecular formula is C37H26Cl4N6O8S2. The Balaban J connectivity index is 1.00. The molecule has 0 spiro atoms. The predicted octanol–water partition coefficient (Wildman–Crippen LogP) is 6.86. The molecule has 8 rings (SSSR count). The van der Waals surface area contributed by atoms with Crippen molar-refractivity contribution in [1.29, 1.82) is 0 Å². The zero-order chi connectivity index (χ0) is 40.6. The van der Waals surface area contributed by atoms with Gasteiger partial charge in [0.05, 0.1) is 42.6 Å². The fourth-order valence-electron chi connectivity index (χ4n) is 7.06. The Hall–Kier alpha value is -4.78. The Bertz CT molecular complexity index is 2750. The second-order valence-electron chi connectivity index (χ2n) is 13.2. The molecule has 2 aliphatic rings. The van der Waals surface area contributed by atoms with Crippen LogP contribution in [0.5, 0.6) is 0 Å². The third-order valence-electron chi connectivity index (χ3n) is 9.59. The topological polar surface area (TPSA) is 203 Å². The molecule has 0 radical (unpaired) electrons. The zero-order valence-corrected chi connectivity index (χ0v) is 33.6. The van der Waals surface area contributed by atoms with E-state index in [4.69, 9.17) is 46.4 Å². The average Bonchev–Trinajstić information content (AvgIpc) is 3.89. The van der Waals surface area contributed by atoms with Crippen molar-refractivity contribution in [2.75, 3.05) is 13.1 Å². The molecule has 6 aromatic rings. The summed E-state index contributed by atoms with van der Waals surface area (Å²) in [5, 5.41) is 16.2. The van der Waals surface area contributed by atoms with Crippen molar-refractivity contribution in [3.8, 4) is 33.9 Å². The van der Waals surface area contributed by atoms with Gasteiger partial charge < -0.3 is 10.6 Å². The third kappa shape index (κ3) is 7.21. The van der Waals surface area contributed by atoms with Gasteiger partial charge in [-0.25, -0.2) is 9.36 Å². The molecule has 0 fully saturated rings. The minimum Gasteiger partial charge on any atom is -0.351 e. The standard InChI is InChI=1S/C37H26Cl4N6O8S2/c38-20-2-8-30(28(40)16-20)46-34-24-6-4-22(56(50,51)52)12-18(24)14-26(34)32(44-46)36(48)42-10-1-11-43-37(49)33-27-15-19-13-23(57(53,54)55)5-7-25(19)35(27)47(45-33)31-9-3-21(39)17-29(31)41/h2-9,12-13,16-17H,1,10-11,14-15H2,(H,42,48)(H,43,49)(H,50,51,52)(H,53,54,55). The van der Waals surface area contributed by atoms with Gasteiger partial charge in [0.25, 0.3) is 32.1 Å². The maximum Gasteiger partial charge on any atom is 0.294 e. The number of fused-ring (bicyclic) bond motifs is 6. The molecule has 0 bridgehead atoms. The number of hydrogen-bond acceptors (Lipinski definition) is 8. The highest BCUT2D eigenvalue weighted by molar-refractivity contribution is 7.86. The second-order valence-corrected chi connectivity index (χ2v) is 17.7. The lowest BCUT2D eigenvalue weighted by Gasteiger charge is -2.10. The lowest BCUT2D eigenvalue weighted by Crippen LogP contribution is -2.31. The summed E-state index contributed by atoms with van der Waals surface area (Å²) in [5.74, 6) is -1.05. The number of aromatic nitrogens is 4. The summed E-state index contributed by atoms with van der Waals surface area (Å²) in [6.07, 6.45) is 0.597. The molecule has 57 heavy (non-hydrogen) atoms. The minimum absolute atomic E-state index is 0.0725. The molecule has 0 saturated heterocycles. The number of rotatable bonds is 10. The van der Waals surface area contributed by atoms with Gasteiger partial charge in [0.15, 0.2) is 11.4 Å². The van der Waals surface area contributed by atoms with E-state index in [0.717, 1.165) is 0 Å². The quantitative estimate of drug-likeness (QED) is 0.0831. The summed E-state index contributed by atoms with van der Waals surface area (Å²) in [7, 11) is -8.97. The van der Waals surface area contributed by atoms with Crippen molar-refractivity contribution >= 4 is 78.5 Å². The van der Waals surface area contributed by atoms with Gasteiger partial charge in [0.2, 0.25) is 0 Å².